The SMILES string of the molecule is CC1(F)C[C@H](C#N)N(C(=O)CNC(=O)c2ccnc3ccc(OCCCCN4CCN(C(=O)CCCCCNC(=O)C(CCCNC(=O)CCCc5ccc(I)cc5)NC(=O)CN5CCN(COC=O)CCN(COC=O)CCN(CC(=O)O)CC5)CC4)cc23)C1. The number of nitrogens with zero attached hydrogens (tertiary/aromatic N) is 9. The van der Waals surface area contributed by atoms with Crippen LogP contribution >= 0.6 is 22.6 Å². The summed E-state index contributed by atoms with van der Waals surface area (Å²) in [6.07, 6.45) is 7.81. The number of fused-ring (bicyclic) bond motifs is 1. The fourth-order valence-corrected chi connectivity index (χ4v) is 11.5. The number of hydrogen-bond acceptors (Lipinski definition) is 19. The molecule has 6 amide bonds. The minimum absolute atomic E-state index is 0.00227. The molecule has 28 heteroatoms. The zero-order valence-corrected chi connectivity index (χ0v) is 54.3. The maximum atomic E-state index is 14.6. The van der Waals surface area contributed by atoms with Crippen LogP contribution in [-0.2, 0) is 54.3 Å². The van der Waals surface area contributed by atoms with E-state index in [1.807, 2.05) is 37.8 Å². The fraction of sp³-hybridized carbons (Fsp3) is 0.603. The smallest absolute Gasteiger partial charge is 0.317 e. The number of nitriles is 1. The number of carbonyl (C=O) groups is 9. The Bertz CT molecular complexity index is 2900. The van der Waals surface area contributed by atoms with Gasteiger partial charge < -0.3 is 50.4 Å². The number of halogens is 2. The van der Waals surface area contributed by atoms with E-state index in [4.69, 9.17) is 14.2 Å². The number of carboxylic acid groups (broad SMARTS) is 1. The minimum Gasteiger partial charge on any atom is -0.494 e. The predicted molar refractivity (Wildman–Crippen MR) is 343 cm³/mol. The molecule has 0 bridgehead atoms. The number of carbonyl (C=O) groups excluding carboxylic acids is 8. The van der Waals surface area contributed by atoms with E-state index in [2.05, 4.69) is 65.9 Å². The second kappa shape index (κ2) is 39.3. The van der Waals surface area contributed by atoms with Crippen LogP contribution in [0.2, 0.25) is 0 Å². The van der Waals surface area contributed by atoms with Gasteiger partial charge in [0.05, 0.1) is 49.9 Å². The van der Waals surface area contributed by atoms with Crippen molar-refractivity contribution in [2.24, 2.45) is 0 Å². The number of benzene rings is 2. The Hall–Kier alpha value is -7.17. The average Bonchev–Trinajstić information content (AvgIpc) is 1.98. The van der Waals surface area contributed by atoms with Gasteiger partial charge in [0.1, 0.15) is 37.0 Å². The Morgan fingerprint density at radius 1 is 0.736 bits per heavy atom. The number of aryl methyl sites for hydroxylation is 1. The van der Waals surface area contributed by atoms with E-state index >= 15 is 0 Å². The molecule has 0 aliphatic carbocycles. The molecule has 26 nitrogen and oxygen atoms in total. The number of aromatic nitrogens is 1. The summed E-state index contributed by atoms with van der Waals surface area (Å²) in [7, 11) is 0. The van der Waals surface area contributed by atoms with E-state index < -0.39 is 41.4 Å². The normalized spacial score (nSPS) is 18.6. The summed E-state index contributed by atoms with van der Waals surface area (Å²) >= 11 is 2.25. The van der Waals surface area contributed by atoms with Crippen molar-refractivity contribution >= 4 is 87.9 Å². The van der Waals surface area contributed by atoms with Crippen molar-refractivity contribution in [2.75, 3.05) is 144 Å². The van der Waals surface area contributed by atoms with Crippen molar-refractivity contribution in [2.45, 2.75) is 102 Å². The molecular weight excluding hydrogens is 1290 g/mol. The Balaban J connectivity index is 0.907. The first-order chi connectivity index (χ1) is 43.9. The monoisotopic (exact) mass is 1380 g/mol. The Labute approximate surface area is 545 Å². The third-order valence-electron chi connectivity index (χ3n) is 16.3. The Kier molecular flexibility index (Phi) is 31.5. The molecule has 498 valence electrons. The highest BCUT2D eigenvalue weighted by Gasteiger charge is 2.43. The topological polar surface area (TPSA) is 309 Å². The number of ether oxygens (including phenoxy) is 3. The number of unbranched alkanes of at least 4 members (excludes halogenated alkanes) is 3. The number of hydrogen-bond donors (Lipinski definition) is 5. The van der Waals surface area contributed by atoms with Crippen molar-refractivity contribution in [1.29, 1.82) is 5.26 Å². The standard InChI is InChI=1S/C63H89FIN13O13/c1-63(64)38-50(39-66)78(43-63)59(84)40-70-61(87)52-19-22-67-54-18-17-51(37-53(52)54)91-36-6-5-23-72-32-34-77(35-33-72)58(83)12-3-2-4-20-69-62(88)55(10-8-21-68-56(81)11-7-9-48-13-15-49(65)16-14-48)71-57(82)41-73-24-25-74(42-60(85)86)27-29-76(45-90-47-80)31-30-75(28-26-73)44-89-46-79/h13-19,22,37,46-47,50,55H,2-12,20-21,23-36,38,40-45H2,1H3,(H,68,81)(H,69,88)(H,70,87)(H,71,82)(H,85,86)/t50-,55?,63?/m1/s1. The van der Waals surface area contributed by atoms with Crippen molar-refractivity contribution in [3.63, 3.8) is 0 Å². The number of piperazine rings is 1. The third-order valence-corrected chi connectivity index (χ3v) is 17.0. The van der Waals surface area contributed by atoms with Gasteiger partial charge in [-0.2, -0.15) is 5.26 Å². The number of alkyl halides is 1. The largest absolute Gasteiger partial charge is 0.494 e. The van der Waals surface area contributed by atoms with Gasteiger partial charge in [0.15, 0.2) is 0 Å². The van der Waals surface area contributed by atoms with Crippen LogP contribution < -0.4 is 26.0 Å². The second-order valence-electron chi connectivity index (χ2n) is 23.4. The zero-order valence-electron chi connectivity index (χ0n) is 52.2. The van der Waals surface area contributed by atoms with Crippen LogP contribution in [0.25, 0.3) is 10.9 Å². The minimum atomic E-state index is -1.67. The maximum absolute atomic E-state index is 14.6. The Morgan fingerprint density at radius 2 is 1.38 bits per heavy atom. The van der Waals surface area contributed by atoms with Crippen molar-refractivity contribution < 1.29 is 66.9 Å². The van der Waals surface area contributed by atoms with Gasteiger partial charge in [0.2, 0.25) is 29.5 Å². The van der Waals surface area contributed by atoms with E-state index in [0.717, 1.165) is 48.0 Å². The first-order valence-electron chi connectivity index (χ1n) is 31.4. The van der Waals surface area contributed by atoms with Gasteiger partial charge >= 0.3 is 5.97 Å². The molecule has 3 aromatic rings. The van der Waals surface area contributed by atoms with Gasteiger partial charge in [0.25, 0.3) is 18.9 Å². The summed E-state index contributed by atoms with van der Waals surface area (Å²) in [5, 5.41) is 31.1. The third kappa shape index (κ3) is 26.5. The van der Waals surface area contributed by atoms with Gasteiger partial charge in [-0.15, -0.1) is 0 Å². The van der Waals surface area contributed by atoms with Gasteiger partial charge in [-0.3, -0.25) is 72.6 Å². The van der Waals surface area contributed by atoms with Crippen LogP contribution in [0, 0.1) is 14.9 Å². The van der Waals surface area contributed by atoms with Crippen LogP contribution in [0.15, 0.2) is 54.7 Å². The molecular formula is C63H89FIN13O13. The number of rotatable bonds is 35. The number of nitrogens with one attached hydrogen (secondary N) is 4. The van der Waals surface area contributed by atoms with Crippen LogP contribution in [0.5, 0.6) is 5.75 Å². The summed E-state index contributed by atoms with van der Waals surface area (Å²) in [6.45, 7) is 8.52. The van der Waals surface area contributed by atoms with Gasteiger partial charge in [0, 0.05) is 126 Å². The number of pyridine rings is 1. The Morgan fingerprint density at radius 3 is 2.04 bits per heavy atom. The lowest BCUT2D eigenvalue weighted by molar-refractivity contribution is -0.139. The molecule has 1 aromatic heterocycles. The lowest BCUT2D eigenvalue weighted by atomic mass is 10.1. The first-order valence-corrected chi connectivity index (χ1v) is 32.5. The highest BCUT2D eigenvalue weighted by Crippen LogP contribution is 2.30. The van der Waals surface area contributed by atoms with Gasteiger partial charge in [-0.05, 0) is 129 Å². The molecule has 0 saturated carbocycles. The molecule has 6 rings (SSSR count). The van der Waals surface area contributed by atoms with Gasteiger partial charge in [-0.1, -0.05) is 18.6 Å². The molecule has 91 heavy (non-hydrogen) atoms. The highest BCUT2D eigenvalue weighted by atomic mass is 127. The molecule has 5 N–H and O–H groups in total. The number of likely N-dealkylation sites (tertiary alicyclic amines) is 1. The van der Waals surface area contributed by atoms with E-state index in [9.17, 15) is 57.9 Å². The number of amides is 6. The number of aliphatic carboxylic acids is 1. The molecule has 3 fully saturated rings. The fourth-order valence-electron chi connectivity index (χ4n) is 11.2. The van der Waals surface area contributed by atoms with Crippen molar-refractivity contribution in [1.82, 2.24) is 60.6 Å². The van der Waals surface area contributed by atoms with E-state index in [1.54, 1.807) is 29.2 Å². The quantitative estimate of drug-likeness (QED) is 0.0321. The molecule has 2 unspecified atom stereocenters. The van der Waals surface area contributed by atoms with Crippen LogP contribution in [-0.4, -0.2) is 261 Å². The van der Waals surface area contributed by atoms with Crippen LogP contribution in [0.3, 0.4) is 0 Å². The average molecular weight is 1380 g/mol. The highest BCUT2D eigenvalue weighted by molar-refractivity contribution is 14.1. The van der Waals surface area contributed by atoms with E-state index in [0.29, 0.717) is 165 Å². The predicted octanol–water partition coefficient (Wildman–Crippen LogP) is 2.37. The zero-order chi connectivity index (χ0) is 65.4. The van der Waals surface area contributed by atoms with E-state index in [1.165, 1.54) is 18.0 Å². The summed E-state index contributed by atoms with van der Waals surface area (Å²) in [6, 6.07) is 15.1. The maximum Gasteiger partial charge on any atom is 0.317 e. The lowest BCUT2D eigenvalue weighted by Gasteiger charge is -2.34. The van der Waals surface area contributed by atoms with E-state index in [-0.39, 0.29) is 70.2 Å². The number of carboxylic acids is 1. The van der Waals surface area contributed by atoms with Crippen LogP contribution in [0.1, 0.15) is 93.5 Å². The van der Waals surface area contributed by atoms with Crippen molar-refractivity contribution in [3.05, 3.63) is 69.4 Å². The van der Waals surface area contributed by atoms with Crippen molar-refractivity contribution in [3.8, 4) is 11.8 Å². The molecule has 3 aliphatic rings. The molecule has 3 saturated heterocycles. The summed E-state index contributed by atoms with van der Waals surface area (Å²) in [5.41, 5.74) is 0.342. The molecule has 3 atom stereocenters. The summed E-state index contributed by atoms with van der Waals surface area (Å²) < 4.78 is 31.8. The summed E-state index contributed by atoms with van der Waals surface area (Å²) in [5.74, 6) is -2.33. The summed E-state index contributed by atoms with van der Waals surface area (Å²) in [4.78, 5) is 131. The molecule has 0 radical (unpaired) electrons. The second-order valence-corrected chi connectivity index (χ2v) is 24.7. The lowest BCUT2D eigenvalue weighted by Crippen LogP contribution is -2.52. The van der Waals surface area contributed by atoms with Crippen LogP contribution in [0.4, 0.5) is 4.39 Å². The first kappa shape index (κ1) is 72.9. The van der Waals surface area contributed by atoms with Gasteiger partial charge in [-0.25, -0.2) is 4.39 Å². The molecule has 4 heterocycles. The molecule has 3 aliphatic heterocycles. The molecule has 2 aromatic carbocycles. The molecule has 0 spiro atoms.